The Morgan fingerprint density at radius 1 is 1.67 bits per heavy atom. The van der Waals surface area contributed by atoms with Gasteiger partial charge in [0.1, 0.15) is 11.5 Å². The number of nitrogens with two attached hydrogens (primary N) is 1. The van der Waals surface area contributed by atoms with E-state index in [2.05, 4.69) is 17.1 Å². The van der Waals surface area contributed by atoms with Gasteiger partial charge >= 0.3 is 0 Å². The molecule has 0 spiro atoms. The summed E-state index contributed by atoms with van der Waals surface area (Å²) in [5.74, 6) is 1.02. The van der Waals surface area contributed by atoms with Crippen LogP contribution in [0.2, 0.25) is 0 Å². The highest BCUT2D eigenvalue weighted by Crippen LogP contribution is 2.20. The molecule has 0 atom stereocenters. The van der Waals surface area contributed by atoms with Crippen LogP contribution in [0.4, 0.5) is 0 Å². The average molecular weight is 167 g/mol. The van der Waals surface area contributed by atoms with E-state index in [1.54, 1.807) is 0 Å². The fraction of sp³-hybridized carbons (Fsp3) is 0.625. The molecule has 0 bridgehead atoms. The number of hydrogen-bond acceptors (Lipinski definition) is 4. The third-order valence-corrected chi connectivity index (χ3v) is 2.29. The van der Waals surface area contributed by atoms with E-state index < -0.39 is 0 Å². The molecule has 66 valence electrons. The highest BCUT2D eigenvalue weighted by atomic mass is 16.5. The summed E-state index contributed by atoms with van der Waals surface area (Å²) in [6.07, 6.45) is 0.957. The van der Waals surface area contributed by atoms with E-state index in [9.17, 15) is 0 Å². The van der Waals surface area contributed by atoms with Crippen molar-refractivity contribution >= 4 is 0 Å². The van der Waals surface area contributed by atoms with Gasteiger partial charge in [-0.25, -0.2) is 0 Å². The zero-order chi connectivity index (χ0) is 8.55. The highest BCUT2D eigenvalue weighted by Gasteiger charge is 2.20. The van der Waals surface area contributed by atoms with Crippen LogP contribution in [0.25, 0.3) is 0 Å². The number of nitrogens with zero attached hydrogens (tertiary/aromatic N) is 2. The molecule has 0 radical (unpaired) electrons. The smallest absolute Gasteiger partial charge is 0.142 e. The van der Waals surface area contributed by atoms with Gasteiger partial charge in [0.25, 0.3) is 0 Å². The minimum absolute atomic E-state index is 0.479. The molecule has 0 fully saturated rings. The van der Waals surface area contributed by atoms with Crippen molar-refractivity contribution in [2.75, 3.05) is 13.6 Å². The van der Waals surface area contributed by atoms with Gasteiger partial charge in [-0.15, -0.1) is 0 Å². The summed E-state index contributed by atoms with van der Waals surface area (Å²) in [4.78, 5) is 2.25. The van der Waals surface area contributed by atoms with Crippen molar-refractivity contribution in [3.05, 3.63) is 17.0 Å². The van der Waals surface area contributed by atoms with Gasteiger partial charge in [-0.2, -0.15) is 0 Å². The van der Waals surface area contributed by atoms with Gasteiger partial charge in [0.15, 0.2) is 0 Å². The molecule has 2 N–H and O–H groups in total. The second-order valence-corrected chi connectivity index (χ2v) is 3.22. The van der Waals surface area contributed by atoms with Crippen LogP contribution in [0, 0.1) is 0 Å². The Morgan fingerprint density at radius 2 is 2.50 bits per heavy atom. The van der Waals surface area contributed by atoms with Crippen LogP contribution in [0.5, 0.6) is 0 Å². The van der Waals surface area contributed by atoms with Gasteiger partial charge in [0.2, 0.25) is 0 Å². The van der Waals surface area contributed by atoms with Gasteiger partial charge in [-0.05, 0) is 7.05 Å². The first-order chi connectivity index (χ1) is 5.81. The van der Waals surface area contributed by atoms with Crippen LogP contribution in [0.15, 0.2) is 4.52 Å². The largest absolute Gasteiger partial charge is 0.361 e. The lowest BCUT2D eigenvalue weighted by molar-refractivity contribution is 0.281. The fourth-order valence-corrected chi connectivity index (χ4v) is 1.56. The lowest BCUT2D eigenvalue weighted by Crippen LogP contribution is -2.26. The Hall–Kier alpha value is -0.870. The van der Waals surface area contributed by atoms with E-state index in [1.165, 1.54) is 5.56 Å². The first kappa shape index (κ1) is 7.76. The summed E-state index contributed by atoms with van der Waals surface area (Å²) in [5, 5.41) is 3.92. The van der Waals surface area contributed by atoms with Crippen LogP contribution in [0.3, 0.4) is 0 Å². The summed E-state index contributed by atoms with van der Waals surface area (Å²) in [7, 11) is 2.09. The molecule has 0 saturated heterocycles. The molecule has 0 aliphatic carbocycles. The number of aromatic nitrogens is 1. The molecule has 0 aromatic carbocycles. The predicted octanol–water partition coefficient (Wildman–Crippen LogP) is 0.121. The van der Waals surface area contributed by atoms with Gasteiger partial charge in [-0.1, -0.05) is 5.16 Å². The fourth-order valence-electron chi connectivity index (χ4n) is 1.56. The first-order valence-electron chi connectivity index (χ1n) is 4.16. The van der Waals surface area contributed by atoms with Crippen molar-refractivity contribution in [1.29, 1.82) is 0 Å². The van der Waals surface area contributed by atoms with Gasteiger partial charge < -0.3 is 15.2 Å². The Labute approximate surface area is 71.3 Å². The number of likely N-dealkylation sites (N-methyl/N-ethyl adjacent to an activating group) is 1. The number of rotatable bonds is 1. The van der Waals surface area contributed by atoms with Crippen LogP contribution < -0.4 is 5.73 Å². The molecule has 0 saturated carbocycles. The average Bonchev–Trinajstić information content (AvgIpc) is 2.46. The molecule has 1 aromatic heterocycles. The molecule has 12 heavy (non-hydrogen) atoms. The molecule has 1 aliphatic rings. The highest BCUT2D eigenvalue weighted by molar-refractivity contribution is 5.24. The maximum Gasteiger partial charge on any atom is 0.142 e. The Bertz CT molecular complexity index is 268. The van der Waals surface area contributed by atoms with E-state index in [0.717, 1.165) is 31.0 Å². The molecule has 1 aliphatic heterocycles. The zero-order valence-corrected chi connectivity index (χ0v) is 7.21. The Balaban J connectivity index is 2.34. The van der Waals surface area contributed by atoms with Crippen molar-refractivity contribution < 1.29 is 4.52 Å². The maximum atomic E-state index is 5.52. The molecule has 0 unspecified atom stereocenters. The van der Waals surface area contributed by atoms with Crippen molar-refractivity contribution in [1.82, 2.24) is 10.1 Å². The summed E-state index contributed by atoms with van der Waals surface area (Å²) in [6, 6.07) is 0. The summed E-state index contributed by atoms with van der Waals surface area (Å²) in [6.45, 7) is 2.45. The quantitative estimate of drug-likeness (QED) is 0.645. The number of hydrogen-bond donors (Lipinski definition) is 1. The lowest BCUT2D eigenvalue weighted by Gasteiger charge is -2.20. The number of fused-ring (bicyclic) bond motifs is 1. The molecule has 4 nitrogen and oxygen atoms in total. The van der Waals surface area contributed by atoms with Crippen molar-refractivity contribution in [3.8, 4) is 0 Å². The van der Waals surface area contributed by atoms with E-state index >= 15 is 0 Å². The van der Waals surface area contributed by atoms with Gasteiger partial charge in [-0.3, -0.25) is 0 Å². The van der Waals surface area contributed by atoms with Crippen LogP contribution in [-0.2, 0) is 19.5 Å². The summed E-state index contributed by atoms with van der Waals surface area (Å²) in [5.41, 5.74) is 7.64. The first-order valence-corrected chi connectivity index (χ1v) is 4.16. The van der Waals surface area contributed by atoms with Crippen molar-refractivity contribution in [2.24, 2.45) is 5.73 Å². The second-order valence-electron chi connectivity index (χ2n) is 3.22. The minimum atomic E-state index is 0.479. The molecular formula is C8H13N3O. The van der Waals surface area contributed by atoms with Crippen LogP contribution in [0.1, 0.15) is 17.0 Å². The van der Waals surface area contributed by atoms with Crippen LogP contribution in [-0.4, -0.2) is 23.6 Å². The maximum absolute atomic E-state index is 5.52. The zero-order valence-electron chi connectivity index (χ0n) is 7.21. The summed E-state index contributed by atoms with van der Waals surface area (Å²) < 4.78 is 5.17. The molecule has 0 amide bonds. The Kier molecular flexibility index (Phi) is 1.86. The molecule has 2 heterocycles. The normalized spacial score (nSPS) is 17.8. The van der Waals surface area contributed by atoms with E-state index in [1.807, 2.05) is 0 Å². The predicted molar refractivity (Wildman–Crippen MR) is 44.4 cm³/mol. The molecule has 2 rings (SSSR count). The van der Waals surface area contributed by atoms with Crippen molar-refractivity contribution in [3.63, 3.8) is 0 Å². The van der Waals surface area contributed by atoms with Gasteiger partial charge in [0, 0.05) is 31.6 Å². The lowest BCUT2D eigenvalue weighted by atomic mass is 10.1. The monoisotopic (exact) mass is 167 g/mol. The minimum Gasteiger partial charge on any atom is -0.361 e. The van der Waals surface area contributed by atoms with E-state index in [4.69, 9.17) is 10.3 Å². The van der Waals surface area contributed by atoms with Crippen LogP contribution >= 0.6 is 0 Å². The molecule has 1 aromatic rings. The second kappa shape index (κ2) is 2.88. The summed E-state index contributed by atoms with van der Waals surface area (Å²) >= 11 is 0. The van der Waals surface area contributed by atoms with Crippen molar-refractivity contribution in [2.45, 2.75) is 19.5 Å². The molecular weight excluding hydrogens is 154 g/mol. The van der Waals surface area contributed by atoms with E-state index in [0.29, 0.717) is 6.54 Å². The Morgan fingerprint density at radius 3 is 3.25 bits per heavy atom. The SMILES string of the molecule is CN1CCc2onc(CN)c2C1. The third-order valence-electron chi connectivity index (χ3n) is 2.29. The van der Waals surface area contributed by atoms with E-state index in [-0.39, 0.29) is 0 Å². The van der Waals surface area contributed by atoms with Gasteiger partial charge in [0.05, 0.1) is 0 Å². The standard InChI is InChI=1S/C8H13N3O/c1-11-3-2-8-6(5-11)7(4-9)10-12-8/h2-5,9H2,1H3. The molecule has 4 heteroatoms. The topological polar surface area (TPSA) is 55.3 Å². The third kappa shape index (κ3) is 1.13.